The summed E-state index contributed by atoms with van der Waals surface area (Å²) < 4.78 is 12.4. The van der Waals surface area contributed by atoms with Crippen molar-refractivity contribution in [3.63, 3.8) is 0 Å². The molecule has 0 nitrogen and oxygen atoms in total. The maximum Gasteiger partial charge on any atom is 0.147 e. The van der Waals surface area contributed by atoms with Crippen LogP contribution in [-0.2, 0) is 0 Å². The second-order valence-electron chi connectivity index (χ2n) is 1.97. The van der Waals surface area contributed by atoms with E-state index in [0.717, 1.165) is 4.90 Å². The van der Waals surface area contributed by atoms with Crippen molar-refractivity contribution in [2.75, 3.05) is 0 Å². The van der Waals surface area contributed by atoms with Gasteiger partial charge >= 0.3 is 0 Å². The minimum atomic E-state index is -0.817. The monoisotopic (exact) mass is 156 g/mol. The highest BCUT2D eigenvalue weighted by atomic mass is 32.2. The lowest BCUT2D eigenvalue weighted by molar-refractivity contribution is 0.483. The fourth-order valence-corrected chi connectivity index (χ4v) is 1.38. The summed E-state index contributed by atoms with van der Waals surface area (Å²) in [7, 11) is 0. The first-order valence-corrected chi connectivity index (χ1v) is 4.03. The number of hydrogen-bond acceptors (Lipinski definition) is 1. The molecule has 0 aliphatic rings. The molecule has 2 heteroatoms. The van der Waals surface area contributed by atoms with Crippen LogP contribution in [0.15, 0.2) is 35.2 Å². The van der Waals surface area contributed by atoms with Gasteiger partial charge in [0.2, 0.25) is 0 Å². The maximum absolute atomic E-state index is 12.4. The van der Waals surface area contributed by atoms with E-state index in [0.29, 0.717) is 0 Å². The third-order valence-corrected chi connectivity index (χ3v) is 1.91. The Morgan fingerprint density at radius 3 is 2.40 bits per heavy atom. The zero-order chi connectivity index (χ0) is 7.40. The van der Waals surface area contributed by atoms with Crippen LogP contribution < -0.4 is 0 Å². The molecule has 0 saturated heterocycles. The molecule has 1 rings (SSSR count). The molecule has 1 aromatic rings. The third-order valence-electron chi connectivity index (χ3n) is 1.04. The molecule has 0 aliphatic carbocycles. The van der Waals surface area contributed by atoms with Crippen molar-refractivity contribution in [3.8, 4) is 0 Å². The predicted molar refractivity (Wildman–Crippen MR) is 42.9 cm³/mol. The van der Waals surface area contributed by atoms with Crippen LogP contribution in [0.3, 0.4) is 0 Å². The zero-order valence-electron chi connectivity index (χ0n) is 5.75. The van der Waals surface area contributed by atoms with Gasteiger partial charge in [-0.15, -0.1) is 0 Å². The average Bonchev–Trinajstić information content (AvgIpc) is 1.88. The molecule has 1 unspecified atom stereocenters. The van der Waals surface area contributed by atoms with E-state index in [1.807, 2.05) is 30.3 Å². The summed E-state index contributed by atoms with van der Waals surface area (Å²) >= 11 is 1.23. The fourth-order valence-electron chi connectivity index (χ4n) is 0.687. The van der Waals surface area contributed by atoms with Crippen LogP contribution in [0.25, 0.3) is 0 Å². The van der Waals surface area contributed by atoms with Crippen LogP contribution in [0.1, 0.15) is 6.92 Å². The van der Waals surface area contributed by atoms with Gasteiger partial charge in [0.05, 0.1) is 0 Å². The summed E-state index contributed by atoms with van der Waals surface area (Å²) in [6.07, 6.45) is 0. The van der Waals surface area contributed by atoms with Crippen molar-refractivity contribution in [1.82, 2.24) is 0 Å². The normalized spacial score (nSPS) is 13.0. The Morgan fingerprint density at radius 1 is 1.30 bits per heavy atom. The zero-order valence-corrected chi connectivity index (χ0v) is 6.57. The Balaban J connectivity index is 2.59. The molecule has 54 valence electrons. The molecule has 1 aromatic carbocycles. The molecule has 1 atom stereocenters. The van der Waals surface area contributed by atoms with Gasteiger partial charge in [0.1, 0.15) is 5.50 Å². The smallest absolute Gasteiger partial charge is 0.147 e. The predicted octanol–water partition coefficient (Wildman–Crippen LogP) is 3.09. The van der Waals surface area contributed by atoms with Crippen LogP contribution in [-0.4, -0.2) is 5.50 Å². The molecular formula is C8H9FS. The first-order chi connectivity index (χ1) is 4.79. The maximum atomic E-state index is 12.4. The van der Waals surface area contributed by atoms with Crippen LogP contribution >= 0.6 is 11.8 Å². The molecule has 0 saturated carbocycles. The largest absolute Gasteiger partial charge is 0.236 e. The second kappa shape index (κ2) is 3.62. The fraction of sp³-hybridized carbons (Fsp3) is 0.250. The van der Waals surface area contributed by atoms with Gasteiger partial charge < -0.3 is 0 Å². The van der Waals surface area contributed by atoms with Gasteiger partial charge in [-0.2, -0.15) is 0 Å². The van der Waals surface area contributed by atoms with Crippen molar-refractivity contribution in [1.29, 1.82) is 0 Å². The third kappa shape index (κ3) is 2.40. The van der Waals surface area contributed by atoms with Crippen molar-refractivity contribution in [2.24, 2.45) is 0 Å². The van der Waals surface area contributed by atoms with Gasteiger partial charge in [-0.3, -0.25) is 0 Å². The summed E-state index contributed by atoms with van der Waals surface area (Å²) in [5.41, 5.74) is -0.817. The molecule has 0 bridgehead atoms. The van der Waals surface area contributed by atoms with Crippen LogP contribution in [0, 0.1) is 0 Å². The highest BCUT2D eigenvalue weighted by Crippen LogP contribution is 2.22. The number of thioether (sulfide) groups is 1. The number of benzene rings is 1. The number of hydrogen-bond donors (Lipinski definition) is 0. The molecule has 0 spiro atoms. The van der Waals surface area contributed by atoms with E-state index in [1.165, 1.54) is 18.7 Å². The Labute approximate surface area is 64.4 Å². The molecule has 0 N–H and O–H groups in total. The Morgan fingerprint density at radius 2 is 1.90 bits per heavy atom. The van der Waals surface area contributed by atoms with Gasteiger partial charge in [0.25, 0.3) is 0 Å². The van der Waals surface area contributed by atoms with Crippen molar-refractivity contribution in [3.05, 3.63) is 30.3 Å². The number of alkyl halides is 1. The summed E-state index contributed by atoms with van der Waals surface area (Å²) in [6, 6.07) is 9.55. The molecule has 0 radical (unpaired) electrons. The van der Waals surface area contributed by atoms with Crippen LogP contribution in [0.2, 0.25) is 0 Å². The average molecular weight is 156 g/mol. The lowest BCUT2D eigenvalue weighted by Gasteiger charge is -1.99. The molecule has 0 aromatic heterocycles. The van der Waals surface area contributed by atoms with Crippen LogP contribution in [0.5, 0.6) is 0 Å². The van der Waals surface area contributed by atoms with E-state index in [4.69, 9.17) is 0 Å². The number of rotatable bonds is 2. The molecule has 0 heterocycles. The summed E-state index contributed by atoms with van der Waals surface area (Å²) in [4.78, 5) is 0.984. The minimum absolute atomic E-state index is 0.817. The minimum Gasteiger partial charge on any atom is -0.236 e. The van der Waals surface area contributed by atoms with Gasteiger partial charge in [-0.05, 0) is 19.1 Å². The quantitative estimate of drug-likeness (QED) is 0.593. The van der Waals surface area contributed by atoms with Crippen molar-refractivity contribution < 1.29 is 4.39 Å². The Hall–Kier alpha value is -0.500. The molecule has 0 fully saturated rings. The second-order valence-corrected chi connectivity index (χ2v) is 3.33. The molecule has 0 aliphatic heterocycles. The summed E-state index contributed by atoms with van der Waals surface area (Å²) in [6.45, 7) is 1.54. The van der Waals surface area contributed by atoms with E-state index in [2.05, 4.69) is 0 Å². The Bertz CT molecular complexity index is 184. The van der Waals surface area contributed by atoms with Gasteiger partial charge in [-0.1, -0.05) is 30.0 Å². The lowest BCUT2D eigenvalue weighted by Crippen LogP contribution is -1.81. The molecule has 0 amide bonds. The first kappa shape index (κ1) is 7.61. The summed E-state index contributed by atoms with van der Waals surface area (Å²) in [5, 5.41) is 0. The van der Waals surface area contributed by atoms with Crippen LogP contribution in [0.4, 0.5) is 4.39 Å². The number of halogens is 1. The standard InChI is InChI=1S/C8H9FS/c1-7(9)10-8-5-3-2-4-6-8/h2-7H,1H3. The van der Waals surface area contributed by atoms with Gasteiger partial charge in [0.15, 0.2) is 0 Å². The van der Waals surface area contributed by atoms with Crippen molar-refractivity contribution >= 4 is 11.8 Å². The van der Waals surface area contributed by atoms with E-state index in [1.54, 1.807) is 0 Å². The van der Waals surface area contributed by atoms with E-state index >= 15 is 0 Å². The molecular weight excluding hydrogens is 147 g/mol. The Kier molecular flexibility index (Phi) is 2.75. The first-order valence-electron chi connectivity index (χ1n) is 3.15. The van der Waals surface area contributed by atoms with E-state index in [-0.39, 0.29) is 0 Å². The topological polar surface area (TPSA) is 0 Å². The van der Waals surface area contributed by atoms with Gasteiger partial charge in [0, 0.05) is 4.90 Å². The van der Waals surface area contributed by atoms with E-state index < -0.39 is 5.50 Å². The lowest BCUT2D eigenvalue weighted by atomic mass is 10.4. The molecule has 10 heavy (non-hydrogen) atoms. The highest BCUT2D eigenvalue weighted by molar-refractivity contribution is 7.99. The summed E-state index contributed by atoms with van der Waals surface area (Å²) in [5.74, 6) is 0. The van der Waals surface area contributed by atoms with Crippen molar-refractivity contribution in [2.45, 2.75) is 17.3 Å². The van der Waals surface area contributed by atoms with E-state index in [9.17, 15) is 4.39 Å². The highest BCUT2D eigenvalue weighted by Gasteiger charge is 1.98. The van der Waals surface area contributed by atoms with Gasteiger partial charge in [-0.25, -0.2) is 4.39 Å². The SMILES string of the molecule is CC(F)Sc1ccccc1.